The number of aliphatic hydroxyl groups excluding tert-OH is 4. The lowest BCUT2D eigenvalue weighted by molar-refractivity contribution is -0.155. The van der Waals surface area contributed by atoms with Crippen molar-refractivity contribution in [1.82, 2.24) is 5.32 Å². The van der Waals surface area contributed by atoms with E-state index < -0.39 is 42.5 Å². The SMILES string of the molecule is C/C(=C\c1ccc(OCOCCO)c(O)c1)C(=O)N[C@@H]1[C@H](O)[C@@H](O)[C@H]2OCO[C@H]2[C@@H]1O. The highest BCUT2D eigenvalue weighted by molar-refractivity contribution is 5.97. The molecule has 2 fully saturated rings. The van der Waals surface area contributed by atoms with E-state index >= 15 is 0 Å². The van der Waals surface area contributed by atoms with Crippen molar-refractivity contribution in [3.63, 3.8) is 0 Å². The van der Waals surface area contributed by atoms with E-state index in [0.717, 1.165) is 0 Å². The summed E-state index contributed by atoms with van der Waals surface area (Å²) in [5.74, 6) is -0.571. The Morgan fingerprint density at radius 2 is 1.90 bits per heavy atom. The normalized spacial score (nSPS) is 30.7. The number of rotatable bonds is 8. The molecule has 0 aromatic heterocycles. The number of carbonyl (C=O) groups excluding carboxylic acids is 1. The van der Waals surface area contributed by atoms with Gasteiger partial charge in [0.05, 0.1) is 19.3 Å². The van der Waals surface area contributed by atoms with Gasteiger partial charge in [-0.25, -0.2) is 0 Å². The number of aromatic hydroxyl groups is 1. The van der Waals surface area contributed by atoms with Gasteiger partial charge in [0.25, 0.3) is 0 Å². The lowest BCUT2D eigenvalue weighted by Gasteiger charge is -2.41. The first-order chi connectivity index (χ1) is 14.8. The number of hydrogen-bond donors (Lipinski definition) is 6. The van der Waals surface area contributed by atoms with E-state index in [2.05, 4.69) is 5.32 Å². The number of ether oxygens (including phenoxy) is 4. The number of phenols is 1. The van der Waals surface area contributed by atoms with Crippen molar-refractivity contribution in [2.24, 2.45) is 0 Å². The number of fused-ring (bicyclic) bond motifs is 1. The molecular formula is C20H27NO10. The molecule has 6 N–H and O–H groups in total. The number of nitrogens with one attached hydrogen (secondary N) is 1. The Bertz CT molecular complexity index is 800. The fourth-order valence-electron chi connectivity index (χ4n) is 3.51. The molecule has 1 saturated carbocycles. The highest BCUT2D eigenvalue weighted by Gasteiger charge is 2.53. The first-order valence-corrected chi connectivity index (χ1v) is 9.74. The number of benzene rings is 1. The van der Waals surface area contributed by atoms with Gasteiger partial charge in [-0.05, 0) is 30.7 Å². The molecule has 1 aromatic carbocycles. The standard InChI is InChI=1S/C20H27NO10/c1-10(6-11-2-3-13(12(23)7-11)29-8-28-5-4-22)20(27)21-14-15(24)17(26)19-18(16(14)25)30-9-31-19/h2-3,6-7,14-19,22-26H,4-5,8-9H2,1H3,(H,21,27)/b10-6+/t14-,15+,16-,17-,18+,19-/m1/s1. The molecule has 1 aromatic rings. The van der Waals surface area contributed by atoms with Crippen LogP contribution in [0.5, 0.6) is 11.5 Å². The zero-order valence-electron chi connectivity index (χ0n) is 16.9. The molecule has 0 bridgehead atoms. The lowest BCUT2D eigenvalue weighted by atomic mass is 9.83. The van der Waals surface area contributed by atoms with Gasteiger partial charge in [0, 0.05) is 5.57 Å². The molecule has 11 nitrogen and oxygen atoms in total. The first kappa shape index (κ1) is 23.4. The molecular weight excluding hydrogens is 414 g/mol. The van der Waals surface area contributed by atoms with Crippen molar-refractivity contribution in [1.29, 1.82) is 0 Å². The Labute approximate surface area is 178 Å². The van der Waals surface area contributed by atoms with Gasteiger partial charge in [0.2, 0.25) is 5.91 Å². The maximum atomic E-state index is 12.6. The summed E-state index contributed by atoms with van der Waals surface area (Å²) in [6, 6.07) is 3.34. The predicted octanol–water partition coefficient (Wildman–Crippen LogP) is -1.54. The second-order valence-corrected chi connectivity index (χ2v) is 7.30. The summed E-state index contributed by atoms with van der Waals surface area (Å²) in [6.45, 7) is 1.23. The van der Waals surface area contributed by atoms with Crippen LogP contribution in [0.2, 0.25) is 0 Å². The third kappa shape index (κ3) is 5.33. The van der Waals surface area contributed by atoms with E-state index in [1.54, 1.807) is 6.07 Å². The van der Waals surface area contributed by atoms with Crippen molar-refractivity contribution >= 4 is 12.0 Å². The van der Waals surface area contributed by atoms with Gasteiger partial charge < -0.3 is 49.8 Å². The molecule has 0 spiro atoms. The quantitative estimate of drug-likeness (QED) is 0.158. The number of amides is 1. The molecule has 0 radical (unpaired) electrons. The Hall–Kier alpha value is -2.25. The molecule has 1 amide bonds. The minimum atomic E-state index is -1.44. The van der Waals surface area contributed by atoms with Crippen LogP contribution in [0.25, 0.3) is 6.08 Å². The van der Waals surface area contributed by atoms with E-state index in [0.29, 0.717) is 5.56 Å². The number of hydrogen-bond acceptors (Lipinski definition) is 10. The third-order valence-electron chi connectivity index (χ3n) is 5.16. The molecule has 2 aliphatic rings. The van der Waals surface area contributed by atoms with Crippen LogP contribution in [0.1, 0.15) is 12.5 Å². The molecule has 1 saturated heterocycles. The molecule has 6 atom stereocenters. The second kappa shape index (κ2) is 10.4. The molecule has 31 heavy (non-hydrogen) atoms. The molecule has 172 valence electrons. The van der Waals surface area contributed by atoms with E-state index in [1.807, 2.05) is 0 Å². The van der Waals surface area contributed by atoms with Crippen LogP contribution in [0, 0.1) is 0 Å². The summed E-state index contributed by atoms with van der Waals surface area (Å²) < 4.78 is 20.6. The van der Waals surface area contributed by atoms with Gasteiger partial charge in [-0.2, -0.15) is 0 Å². The maximum absolute atomic E-state index is 12.6. The van der Waals surface area contributed by atoms with E-state index in [-0.39, 0.29) is 43.9 Å². The van der Waals surface area contributed by atoms with Gasteiger partial charge in [-0.15, -0.1) is 0 Å². The van der Waals surface area contributed by atoms with Crippen molar-refractivity contribution in [2.75, 3.05) is 26.8 Å². The fraction of sp³-hybridized carbons (Fsp3) is 0.550. The molecule has 11 heteroatoms. The van der Waals surface area contributed by atoms with Gasteiger partial charge >= 0.3 is 0 Å². The summed E-state index contributed by atoms with van der Waals surface area (Å²) in [5, 5.41) is 52.1. The van der Waals surface area contributed by atoms with Crippen LogP contribution in [0.15, 0.2) is 23.8 Å². The largest absolute Gasteiger partial charge is 0.504 e. The maximum Gasteiger partial charge on any atom is 0.247 e. The summed E-state index contributed by atoms with van der Waals surface area (Å²) >= 11 is 0. The van der Waals surface area contributed by atoms with Gasteiger partial charge in [-0.1, -0.05) is 6.07 Å². The van der Waals surface area contributed by atoms with Crippen molar-refractivity contribution < 1.29 is 49.3 Å². The summed E-state index contributed by atoms with van der Waals surface area (Å²) in [7, 11) is 0. The predicted molar refractivity (Wildman–Crippen MR) is 105 cm³/mol. The van der Waals surface area contributed by atoms with E-state index in [9.17, 15) is 25.2 Å². The van der Waals surface area contributed by atoms with Gasteiger partial charge in [-0.3, -0.25) is 4.79 Å². The van der Waals surface area contributed by atoms with Crippen molar-refractivity contribution in [2.45, 2.75) is 43.5 Å². The summed E-state index contributed by atoms with van der Waals surface area (Å²) in [6.07, 6.45) is -4.26. The van der Waals surface area contributed by atoms with E-state index in [1.165, 1.54) is 25.1 Å². The van der Waals surface area contributed by atoms with Crippen LogP contribution < -0.4 is 10.1 Å². The topological polar surface area (TPSA) is 167 Å². The van der Waals surface area contributed by atoms with Crippen LogP contribution >= 0.6 is 0 Å². The minimum absolute atomic E-state index is 0.109. The Morgan fingerprint density at radius 3 is 2.58 bits per heavy atom. The fourth-order valence-corrected chi connectivity index (χ4v) is 3.51. The Morgan fingerprint density at radius 1 is 1.19 bits per heavy atom. The minimum Gasteiger partial charge on any atom is -0.504 e. The Balaban J connectivity index is 1.63. The van der Waals surface area contributed by atoms with Crippen LogP contribution in [-0.2, 0) is 19.0 Å². The average Bonchev–Trinajstić information content (AvgIpc) is 3.24. The van der Waals surface area contributed by atoms with Crippen molar-refractivity contribution in [3.8, 4) is 11.5 Å². The second-order valence-electron chi connectivity index (χ2n) is 7.30. The van der Waals surface area contributed by atoms with Gasteiger partial charge in [0.1, 0.15) is 37.3 Å². The first-order valence-electron chi connectivity index (χ1n) is 9.74. The van der Waals surface area contributed by atoms with Crippen LogP contribution in [0.4, 0.5) is 0 Å². The van der Waals surface area contributed by atoms with Crippen molar-refractivity contribution in [3.05, 3.63) is 29.3 Å². The lowest BCUT2D eigenvalue weighted by Crippen LogP contribution is -2.67. The smallest absolute Gasteiger partial charge is 0.247 e. The highest BCUT2D eigenvalue weighted by Crippen LogP contribution is 2.30. The zero-order valence-corrected chi connectivity index (χ0v) is 16.9. The monoisotopic (exact) mass is 441 g/mol. The van der Waals surface area contributed by atoms with Crippen LogP contribution in [0.3, 0.4) is 0 Å². The number of aliphatic hydroxyl groups is 4. The average molecular weight is 441 g/mol. The van der Waals surface area contributed by atoms with Gasteiger partial charge in [0.15, 0.2) is 18.3 Å². The molecule has 1 heterocycles. The summed E-state index contributed by atoms with van der Waals surface area (Å²) in [5.41, 5.74) is 0.741. The zero-order chi connectivity index (χ0) is 22.5. The van der Waals surface area contributed by atoms with E-state index in [4.69, 9.17) is 24.1 Å². The number of carbonyl (C=O) groups is 1. The molecule has 1 aliphatic carbocycles. The summed E-state index contributed by atoms with van der Waals surface area (Å²) in [4.78, 5) is 12.6. The molecule has 3 rings (SSSR count). The highest BCUT2D eigenvalue weighted by atomic mass is 16.7. The van der Waals surface area contributed by atoms with Crippen LogP contribution in [-0.4, -0.2) is 94.8 Å². The molecule has 1 aliphatic heterocycles. The molecule has 0 unspecified atom stereocenters. The number of phenolic OH excluding ortho intramolecular Hbond substituents is 1. The third-order valence-corrected chi connectivity index (χ3v) is 5.16. The Kier molecular flexibility index (Phi) is 7.84.